The number of aromatic nitrogens is 2. The maximum Gasteiger partial charge on any atom is 0.267 e. The fourth-order valence-electron chi connectivity index (χ4n) is 2.63. The van der Waals surface area contributed by atoms with Gasteiger partial charge in [-0.3, -0.25) is 4.79 Å². The van der Waals surface area contributed by atoms with Crippen LogP contribution in [-0.4, -0.2) is 38.9 Å². The Morgan fingerprint density at radius 2 is 2.00 bits per heavy atom. The van der Waals surface area contributed by atoms with E-state index in [2.05, 4.69) is 9.59 Å². The first kappa shape index (κ1) is 15.7. The van der Waals surface area contributed by atoms with Crippen molar-refractivity contribution in [2.75, 3.05) is 7.05 Å². The molecule has 0 spiro atoms. The van der Waals surface area contributed by atoms with E-state index in [1.54, 1.807) is 4.90 Å². The number of amides is 1. The summed E-state index contributed by atoms with van der Waals surface area (Å²) in [4.78, 5) is 15.2. The van der Waals surface area contributed by atoms with Crippen molar-refractivity contribution >= 4 is 29.0 Å². The lowest BCUT2D eigenvalue weighted by Gasteiger charge is -2.35. The molecule has 1 aliphatic carbocycles. The van der Waals surface area contributed by atoms with Crippen molar-refractivity contribution in [3.05, 3.63) is 10.6 Å². The standard InChI is InChI=1S/C14H22ClN3OS/c1-14(2,3)12-11(20-17-16-12)13(19)18(4)10-8-6-5-7-9(10)15/h9-10H,5-8H2,1-4H3. The maximum atomic E-state index is 12.7. The Labute approximate surface area is 129 Å². The zero-order valence-electron chi connectivity index (χ0n) is 12.5. The van der Waals surface area contributed by atoms with Gasteiger partial charge in [-0.2, -0.15) is 0 Å². The first-order valence-electron chi connectivity index (χ1n) is 7.06. The molecule has 0 aromatic carbocycles. The van der Waals surface area contributed by atoms with Crippen molar-refractivity contribution in [2.24, 2.45) is 0 Å². The van der Waals surface area contributed by atoms with Crippen LogP contribution in [0.15, 0.2) is 0 Å². The van der Waals surface area contributed by atoms with E-state index < -0.39 is 0 Å². The molecule has 1 aromatic rings. The summed E-state index contributed by atoms with van der Waals surface area (Å²) in [5.74, 6) is 0.00229. The van der Waals surface area contributed by atoms with E-state index >= 15 is 0 Å². The van der Waals surface area contributed by atoms with Crippen LogP contribution < -0.4 is 0 Å². The molecule has 0 radical (unpaired) electrons. The summed E-state index contributed by atoms with van der Waals surface area (Å²) in [5.41, 5.74) is 0.604. The number of carbonyl (C=O) groups is 1. The molecular weight excluding hydrogens is 294 g/mol. The van der Waals surface area contributed by atoms with Crippen molar-refractivity contribution in [3.63, 3.8) is 0 Å². The molecule has 0 aliphatic heterocycles. The highest BCUT2D eigenvalue weighted by Crippen LogP contribution is 2.30. The minimum Gasteiger partial charge on any atom is -0.336 e. The van der Waals surface area contributed by atoms with Gasteiger partial charge in [0.25, 0.3) is 5.91 Å². The summed E-state index contributed by atoms with van der Waals surface area (Å²) in [6, 6.07) is 0.118. The highest BCUT2D eigenvalue weighted by atomic mass is 35.5. The average Bonchev–Trinajstić information content (AvgIpc) is 2.86. The number of nitrogens with zero attached hydrogens (tertiary/aromatic N) is 3. The minimum absolute atomic E-state index is 0.00229. The van der Waals surface area contributed by atoms with E-state index in [0.29, 0.717) is 4.88 Å². The third-order valence-electron chi connectivity index (χ3n) is 3.86. The van der Waals surface area contributed by atoms with Crippen LogP contribution in [0.4, 0.5) is 0 Å². The number of rotatable bonds is 2. The van der Waals surface area contributed by atoms with Gasteiger partial charge in [-0.15, -0.1) is 16.7 Å². The van der Waals surface area contributed by atoms with Crippen LogP contribution in [-0.2, 0) is 5.41 Å². The average molecular weight is 316 g/mol. The van der Waals surface area contributed by atoms with Crippen LogP contribution in [0, 0.1) is 0 Å². The number of alkyl halides is 1. The van der Waals surface area contributed by atoms with Crippen LogP contribution in [0.25, 0.3) is 0 Å². The van der Waals surface area contributed by atoms with E-state index in [9.17, 15) is 4.79 Å². The van der Waals surface area contributed by atoms with Gasteiger partial charge in [-0.25, -0.2) is 0 Å². The van der Waals surface area contributed by atoms with Gasteiger partial charge in [0.05, 0.1) is 11.1 Å². The largest absolute Gasteiger partial charge is 0.336 e. The lowest BCUT2D eigenvalue weighted by molar-refractivity contribution is 0.0702. The molecule has 20 heavy (non-hydrogen) atoms. The van der Waals surface area contributed by atoms with Crippen molar-refractivity contribution < 1.29 is 4.79 Å². The van der Waals surface area contributed by atoms with Crippen molar-refractivity contribution in [2.45, 2.75) is 63.3 Å². The number of halogens is 1. The summed E-state index contributed by atoms with van der Waals surface area (Å²) >= 11 is 7.57. The third-order valence-corrected chi connectivity index (χ3v) is 5.08. The monoisotopic (exact) mass is 315 g/mol. The number of hydrogen-bond donors (Lipinski definition) is 0. The summed E-state index contributed by atoms with van der Waals surface area (Å²) in [6.07, 6.45) is 4.25. The number of carbonyl (C=O) groups excluding carboxylic acids is 1. The van der Waals surface area contributed by atoms with Crippen molar-refractivity contribution in [1.82, 2.24) is 14.5 Å². The molecule has 6 heteroatoms. The molecule has 2 unspecified atom stereocenters. The minimum atomic E-state index is -0.175. The van der Waals surface area contributed by atoms with Gasteiger partial charge in [-0.05, 0) is 24.4 Å². The van der Waals surface area contributed by atoms with Crippen LogP contribution in [0.5, 0.6) is 0 Å². The molecule has 1 amide bonds. The molecule has 112 valence electrons. The summed E-state index contributed by atoms with van der Waals surface area (Å²) in [6.45, 7) is 6.14. The molecule has 0 N–H and O–H groups in total. The van der Waals surface area contributed by atoms with E-state index in [1.165, 1.54) is 11.5 Å². The van der Waals surface area contributed by atoms with Gasteiger partial charge in [0.2, 0.25) is 0 Å². The fraction of sp³-hybridized carbons (Fsp3) is 0.786. The van der Waals surface area contributed by atoms with Crippen molar-refractivity contribution in [3.8, 4) is 0 Å². The first-order chi connectivity index (χ1) is 9.32. The second-order valence-corrected chi connectivity index (χ2v) is 7.80. The highest BCUT2D eigenvalue weighted by Gasteiger charge is 2.33. The van der Waals surface area contributed by atoms with Crippen LogP contribution in [0.3, 0.4) is 0 Å². The molecule has 2 atom stereocenters. The Kier molecular flexibility index (Phi) is 4.69. The molecule has 1 aliphatic rings. The normalized spacial score (nSPS) is 23.6. The maximum absolute atomic E-state index is 12.7. The van der Waals surface area contributed by atoms with E-state index in [4.69, 9.17) is 11.6 Å². The molecule has 1 fully saturated rings. The van der Waals surface area contributed by atoms with Crippen LogP contribution in [0.1, 0.15) is 61.8 Å². The zero-order valence-corrected chi connectivity index (χ0v) is 14.1. The molecule has 4 nitrogen and oxygen atoms in total. The molecule has 1 aromatic heterocycles. The zero-order chi connectivity index (χ0) is 14.9. The van der Waals surface area contributed by atoms with Crippen LogP contribution in [0.2, 0.25) is 0 Å². The highest BCUT2D eigenvalue weighted by molar-refractivity contribution is 7.08. The lowest BCUT2D eigenvalue weighted by Crippen LogP contribution is -2.44. The smallest absolute Gasteiger partial charge is 0.267 e. The Hall–Kier alpha value is -0.680. The Morgan fingerprint density at radius 1 is 1.35 bits per heavy atom. The van der Waals surface area contributed by atoms with E-state index in [1.807, 2.05) is 27.8 Å². The van der Waals surface area contributed by atoms with Gasteiger partial charge in [0.1, 0.15) is 4.88 Å². The van der Waals surface area contributed by atoms with Gasteiger partial charge in [0, 0.05) is 18.5 Å². The molecule has 1 heterocycles. The summed E-state index contributed by atoms with van der Waals surface area (Å²) < 4.78 is 3.97. The van der Waals surface area contributed by atoms with Gasteiger partial charge >= 0.3 is 0 Å². The molecular formula is C14H22ClN3OS. The molecule has 2 rings (SSSR count). The van der Waals surface area contributed by atoms with Crippen LogP contribution >= 0.6 is 23.1 Å². The second kappa shape index (κ2) is 5.98. The first-order valence-corrected chi connectivity index (χ1v) is 8.27. The third kappa shape index (κ3) is 3.14. The molecule has 0 saturated heterocycles. The predicted molar refractivity (Wildman–Crippen MR) is 82.6 cm³/mol. The Balaban J connectivity index is 2.21. The topological polar surface area (TPSA) is 46.1 Å². The lowest BCUT2D eigenvalue weighted by atomic mass is 9.90. The molecule has 1 saturated carbocycles. The SMILES string of the molecule is CN(C(=O)c1snnc1C(C)(C)C)C1CCCCC1Cl. The van der Waals surface area contributed by atoms with E-state index in [0.717, 1.165) is 31.4 Å². The molecule has 0 bridgehead atoms. The number of hydrogen-bond acceptors (Lipinski definition) is 4. The Bertz CT molecular complexity index is 483. The summed E-state index contributed by atoms with van der Waals surface area (Å²) in [7, 11) is 1.85. The van der Waals surface area contributed by atoms with Gasteiger partial charge in [-0.1, -0.05) is 38.1 Å². The fourth-order valence-corrected chi connectivity index (χ4v) is 3.94. The van der Waals surface area contributed by atoms with E-state index in [-0.39, 0.29) is 22.7 Å². The summed E-state index contributed by atoms with van der Waals surface area (Å²) in [5, 5.41) is 4.20. The second-order valence-electron chi connectivity index (χ2n) is 6.48. The van der Waals surface area contributed by atoms with Crippen molar-refractivity contribution in [1.29, 1.82) is 0 Å². The predicted octanol–water partition coefficient (Wildman–Crippen LogP) is 3.46. The van der Waals surface area contributed by atoms with Gasteiger partial charge < -0.3 is 4.90 Å². The quantitative estimate of drug-likeness (QED) is 0.785. The Morgan fingerprint density at radius 3 is 2.60 bits per heavy atom. The van der Waals surface area contributed by atoms with Gasteiger partial charge in [0.15, 0.2) is 0 Å².